The van der Waals surface area contributed by atoms with Crippen molar-refractivity contribution < 1.29 is 8.42 Å². The van der Waals surface area contributed by atoms with Crippen LogP contribution in [0.25, 0.3) is 0 Å². The first kappa shape index (κ1) is 15.9. The molecule has 0 atom stereocenters. The quantitative estimate of drug-likeness (QED) is 0.873. The average Bonchev–Trinajstić information content (AvgIpc) is 3.08. The molecule has 0 amide bonds. The van der Waals surface area contributed by atoms with Gasteiger partial charge in [-0.2, -0.15) is 0 Å². The van der Waals surface area contributed by atoms with Gasteiger partial charge in [-0.25, -0.2) is 18.4 Å². The van der Waals surface area contributed by atoms with Crippen molar-refractivity contribution in [1.29, 1.82) is 0 Å². The van der Waals surface area contributed by atoms with Gasteiger partial charge in [-0.15, -0.1) is 0 Å². The van der Waals surface area contributed by atoms with Crippen LogP contribution in [-0.2, 0) is 9.84 Å². The van der Waals surface area contributed by atoms with Gasteiger partial charge < -0.3 is 10.2 Å². The molecule has 2 aromatic rings. The zero-order valence-electron chi connectivity index (χ0n) is 12.9. The SMILES string of the molecule is O=S(=O)(CCN1CCCC1)c1cccc(Nc2ncccn2)c1. The molecule has 1 aromatic carbocycles. The molecule has 1 aliphatic heterocycles. The van der Waals surface area contributed by atoms with Gasteiger partial charge in [-0.05, 0) is 50.2 Å². The van der Waals surface area contributed by atoms with E-state index < -0.39 is 9.84 Å². The second-order valence-corrected chi connectivity index (χ2v) is 7.70. The molecule has 7 heteroatoms. The van der Waals surface area contributed by atoms with E-state index in [0.29, 0.717) is 23.1 Å². The number of hydrogen-bond acceptors (Lipinski definition) is 6. The van der Waals surface area contributed by atoms with Gasteiger partial charge in [0.15, 0.2) is 9.84 Å². The number of nitrogens with one attached hydrogen (secondary N) is 1. The van der Waals surface area contributed by atoms with Crippen molar-refractivity contribution in [3.63, 3.8) is 0 Å². The third-order valence-corrected chi connectivity index (χ3v) is 5.58. The molecule has 0 unspecified atom stereocenters. The molecule has 0 bridgehead atoms. The van der Waals surface area contributed by atoms with Gasteiger partial charge in [-0.1, -0.05) is 6.07 Å². The fourth-order valence-corrected chi connectivity index (χ4v) is 3.96. The van der Waals surface area contributed by atoms with Crippen LogP contribution in [0.15, 0.2) is 47.6 Å². The van der Waals surface area contributed by atoms with Crippen molar-refractivity contribution in [3.8, 4) is 0 Å². The van der Waals surface area contributed by atoms with Gasteiger partial charge in [0, 0.05) is 24.6 Å². The van der Waals surface area contributed by atoms with Crippen molar-refractivity contribution in [3.05, 3.63) is 42.7 Å². The summed E-state index contributed by atoms with van der Waals surface area (Å²) in [4.78, 5) is 10.7. The predicted molar refractivity (Wildman–Crippen MR) is 89.5 cm³/mol. The minimum atomic E-state index is -3.29. The van der Waals surface area contributed by atoms with E-state index in [2.05, 4.69) is 20.2 Å². The van der Waals surface area contributed by atoms with Crippen LogP contribution in [0.3, 0.4) is 0 Å². The Morgan fingerprint density at radius 2 is 1.83 bits per heavy atom. The molecule has 3 rings (SSSR count). The van der Waals surface area contributed by atoms with Crippen molar-refractivity contribution in [2.24, 2.45) is 0 Å². The number of nitrogens with zero attached hydrogens (tertiary/aromatic N) is 3. The minimum absolute atomic E-state index is 0.151. The average molecular weight is 332 g/mol. The highest BCUT2D eigenvalue weighted by molar-refractivity contribution is 7.91. The summed E-state index contributed by atoms with van der Waals surface area (Å²) in [6.07, 6.45) is 5.59. The molecule has 122 valence electrons. The zero-order chi connectivity index (χ0) is 16.1. The van der Waals surface area contributed by atoms with Gasteiger partial charge in [-0.3, -0.25) is 0 Å². The number of benzene rings is 1. The second kappa shape index (κ2) is 7.06. The Kier molecular flexibility index (Phi) is 4.88. The van der Waals surface area contributed by atoms with Crippen molar-refractivity contribution in [2.45, 2.75) is 17.7 Å². The van der Waals surface area contributed by atoms with Gasteiger partial charge in [0.25, 0.3) is 0 Å². The largest absolute Gasteiger partial charge is 0.324 e. The van der Waals surface area contributed by atoms with E-state index in [4.69, 9.17) is 0 Å². The van der Waals surface area contributed by atoms with Crippen LogP contribution in [0, 0.1) is 0 Å². The smallest absolute Gasteiger partial charge is 0.227 e. The number of sulfone groups is 1. The summed E-state index contributed by atoms with van der Waals surface area (Å²) in [5, 5.41) is 3.02. The fraction of sp³-hybridized carbons (Fsp3) is 0.375. The van der Waals surface area contributed by atoms with Crippen molar-refractivity contribution >= 4 is 21.5 Å². The molecule has 23 heavy (non-hydrogen) atoms. The third kappa shape index (κ3) is 4.27. The molecule has 0 spiro atoms. The second-order valence-electron chi connectivity index (χ2n) is 5.59. The molecule has 2 heterocycles. The summed E-state index contributed by atoms with van der Waals surface area (Å²) in [6.45, 7) is 2.60. The maximum absolute atomic E-state index is 12.5. The number of anilines is 2. The summed E-state index contributed by atoms with van der Waals surface area (Å²) in [6, 6.07) is 8.53. The normalized spacial score (nSPS) is 15.7. The van der Waals surface area contributed by atoms with Crippen LogP contribution in [0.1, 0.15) is 12.8 Å². The zero-order valence-corrected chi connectivity index (χ0v) is 13.7. The van der Waals surface area contributed by atoms with Gasteiger partial charge >= 0.3 is 0 Å². The van der Waals surface area contributed by atoms with Crippen LogP contribution in [-0.4, -0.2) is 48.7 Å². The van der Waals surface area contributed by atoms with Crippen LogP contribution in [0.2, 0.25) is 0 Å². The molecule has 0 aliphatic carbocycles. The maximum Gasteiger partial charge on any atom is 0.227 e. The highest BCUT2D eigenvalue weighted by atomic mass is 32.2. The first-order valence-corrected chi connectivity index (χ1v) is 9.38. The highest BCUT2D eigenvalue weighted by Gasteiger charge is 2.19. The number of aromatic nitrogens is 2. The third-order valence-electron chi connectivity index (χ3n) is 3.89. The van der Waals surface area contributed by atoms with Crippen molar-refractivity contribution in [1.82, 2.24) is 14.9 Å². The predicted octanol–water partition coefficient (Wildman–Crippen LogP) is 2.09. The van der Waals surface area contributed by atoms with Gasteiger partial charge in [0.2, 0.25) is 5.95 Å². The lowest BCUT2D eigenvalue weighted by Crippen LogP contribution is -2.26. The van der Waals surface area contributed by atoms with Crippen LogP contribution < -0.4 is 5.32 Å². The Balaban J connectivity index is 1.70. The molecule has 0 radical (unpaired) electrons. The van der Waals surface area contributed by atoms with Gasteiger partial charge in [0.05, 0.1) is 10.6 Å². The molecule has 1 aromatic heterocycles. The lowest BCUT2D eigenvalue weighted by molar-refractivity contribution is 0.359. The molecule has 1 N–H and O–H groups in total. The number of rotatable bonds is 6. The van der Waals surface area contributed by atoms with E-state index in [1.807, 2.05) is 0 Å². The molecule has 1 saturated heterocycles. The Labute approximate surface area is 136 Å². The van der Waals surface area contributed by atoms with E-state index in [1.165, 1.54) is 0 Å². The van der Waals surface area contributed by atoms with Crippen LogP contribution >= 0.6 is 0 Å². The van der Waals surface area contributed by atoms with Crippen LogP contribution in [0.4, 0.5) is 11.6 Å². The highest BCUT2D eigenvalue weighted by Crippen LogP contribution is 2.19. The van der Waals surface area contributed by atoms with Gasteiger partial charge in [0.1, 0.15) is 0 Å². The molecular formula is C16H20N4O2S. The van der Waals surface area contributed by atoms with E-state index >= 15 is 0 Å². The Morgan fingerprint density at radius 3 is 2.57 bits per heavy atom. The first-order chi connectivity index (χ1) is 11.1. The molecule has 0 saturated carbocycles. The first-order valence-electron chi connectivity index (χ1n) is 7.73. The Morgan fingerprint density at radius 1 is 1.09 bits per heavy atom. The Hall–Kier alpha value is -1.99. The lowest BCUT2D eigenvalue weighted by atomic mass is 10.3. The standard InChI is InChI=1S/C16H20N4O2S/c21-23(22,12-11-20-9-1-2-10-20)15-6-3-5-14(13-15)19-16-17-7-4-8-18-16/h3-8,13H,1-2,9-12H2,(H,17,18,19). The summed E-state index contributed by atoms with van der Waals surface area (Å²) in [5.74, 6) is 0.595. The Bertz CT molecular complexity index is 744. The minimum Gasteiger partial charge on any atom is -0.324 e. The molecular weight excluding hydrogens is 312 g/mol. The number of likely N-dealkylation sites (tertiary alicyclic amines) is 1. The summed E-state index contributed by atoms with van der Waals surface area (Å²) < 4.78 is 25.0. The summed E-state index contributed by atoms with van der Waals surface area (Å²) in [5.41, 5.74) is 0.665. The van der Waals surface area contributed by atoms with E-state index in [-0.39, 0.29) is 5.75 Å². The fourth-order valence-electron chi connectivity index (χ4n) is 2.63. The lowest BCUT2D eigenvalue weighted by Gasteiger charge is -2.14. The number of hydrogen-bond donors (Lipinski definition) is 1. The summed E-state index contributed by atoms with van der Waals surface area (Å²) in [7, 11) is -3.29. The summed E-state index contributed by atoms with van der Waals surface area (Å²) >= 11 is 0. The monoisotopic (exact) mass is 332 g/mol. The van der Waals surface area contributed by atoms with E-state index in [1.54, 1.807) is 42.7 Å². The molecule has 1 aliphatic rings. The molecule has 6 nitrogen and oxygen atoms in total. The van der Waals surface area contributed by atoms with E-state index in [0.717, 1.165) is 25.9 Å². The van der Waals surface area contributed by atoms with Crippen molar-refractivity contribution in [2.75, 3.05) is 30.7 Å². The maximum atomic E-state index is 12.5. The molecule has 1 fully saturated rings. The topological polar surface area (TPSA) is 75.2 Å². The van der Waals surface area contributed by atoms with E-state index in [9.17, 15) is 8.42 Å². The van der Waals surface area contributed by atoms with Crippen LogP contribution in [0.5, 0.6) is 0 Å².